The van der Waals surface area contributed by atoms with Gasteiger partial charge in [-0.1, -0.05) is 30.5 Å². The van der Waals surface area contributed by atoms with Gasteiger partial charge in [-0.2, -0.15) is 0 Å². The first-order valence-electron chi connectivity index (χ1n) is 10.1. The number of benzene rings is 2. The van der Waals surface area contributed by atoms with Gasteiger partial charge in [-0.3, -0.25) is 30.6 Å². The average Bonchev–Trinajstić information content (AvgIpc) is 3.00. The molecule has 1 saturated heterocycles. The van der Waals surface area contributed by atoms with E-state index in [1.54, 1.807) is 18.2 Å². The van der Waals surface area contributed by atoms with Gasteiger partial charge in [0.15, 0.2) is 0 Å². The number of anilines is 1. The number of nitrogens with one attached hydrogen (secondary N) is 2. The average molecular weight is 410 g/mol. The number of carbonyl (C=O) groups is 2. The van der Waals surface area contributed by atoms with Crippen LogP contribution in [0.5, 0.6) is 0 Å². The Bertz CT molecular complexity index is 966. The van der Waals surface area contributed by atoms with E-state index in [4.69, 9.17) is 0 Å². The Labute approximate surface area is 175 Å². The molecule has 2 N–H and O–H groups in total. The van der Waals surface area contributed by atoms with E-state index in [-0.39, 0.29) is 11.3 Å². The minimum absolute atomic E-state index is 0.106. The van der Waals surface area contributed by atoms with Gasteiger partial charge >= 0.3 is 0 Å². The van der Waals surface area contributed by atoms with Crippen molar-refractivity contribution >= 4 is 23.2 Å². The molecule has 0 saturated carbocycles. The molecule has 1 heterocycles. The summed E-state index contributed by atoms with van der Waals surface area (Å²) < 4.78 is 0. The van der Waals surface area contributed by atoms with Crippen molar-refractivity contribution in [2.45, 2.75) is 39.5 Å². The Morgan fingerprint density at radius 3 is 2.23 bits per heavy atom. The number of nitrogens with zero attached hydrogens (tertiary/aromatic N) is 2. The number of rotatable bonds is 4. The molecule has 0 bridgehead atoms. The first-order chi connectivity index (χ1) is 14.4. The van der Waals surface area contributed by atoms with Crippen LogP contribution in [0.4, 0.5) is 11.4 Å². The monoisotopic (exact) mass is 410 g/mol. The highest BCUT2D eigenvalue weighted by atomic mass is 16.6. The molecule has 1 fully saturated rings. The topological polar surface area (TPSA) is 105 Å². The number of hydrazine groups is 1. The maximum absolute atomic E-state index is 12.5. The lowest BCUT2D eigenvalue weighted by Gasteiger charge is -2.22. The molecule has 1 aliphatic rings. The molecule has 158 valence electrons. The second kappa shape index (κ2) is 9.39. The maximum Gasteiger partial charge on any atom is 0.293 e. The van der Waals surface area contributed by atoms with E-state index < -0.39 is 16.7 Å². The van der Waals surface area contributed by atoms with Crippen molar-refractivity contribution in [2.75, 3.05) is 18.0 Å². The van der Waals surface area contributed by atoms with Gasteiger partial charge < -0.3 is 4.90 Å². The Balaban J connectivity index is 1.73. The highest BCUT2D eigenvalue weighted by Gasteiger charge is 2.23. The molecule has 0 aromatic heterocycles. The molecule has 3 rings (SSSR count). The fourth-order valence-electron chi connectivity index (χ4n) is 3.71. The third kappa shape index (κ3) is 4.94. The molecule has 8 heteroatoms. The fourth-order valence-corrected chi connectivity index (χ4v) is 3.71. The lowest BCUT2D eigenvalue weighted by Crippen LogP contribution is -2.41. The lowest BCUT2D eigenvalue weighted by atomic mass is 10.1. The number of hydrogen-bond acceptors (Lipinski definition) is 5. The van der Waals surface area contributed by atoms with Gasteiger partial charge in [0.2, 0.25) is 0 Å². The summed E-state index contributed by atoms with van der Waals surface area (Å²) >= 11 is 0. The minimum Gasteiger partial charge on any atom is -0.366 e. The van der Waals surface area contributed by atoms with E-state index in [1.165, 1.54) is 6.07 Å². The van der Waals surface area contributed by atoms with Crippen LogP contribution < -0.4 is 15.8 Å². The molecule has 8 nitrogen and oxygen atoms in total. The van der Waals surface area contributed by atoms with Crippen molar-refractivity contribution in [3.63, 3.8) is 0 Å². The molecular weight excluding hydrogens is 384 g/mol. The van der Waals surface area contributed by atoms with E-state index in [0.717, 1.165) is 49.9 Å². The molecule has 0 aliphatic carbocycles. The molecule has 0 radical (unpaired) electrons. The third-order valence-electron chi connectivity index (χ3n) is 5.30. The predicted octanol–water partition coefficient (Wildman–Crippen LogP) is 3.67. The standard InChI is InChI=1S/C22H26N4O4/c1-15-7-9-18(16(2)13-15)22(28)24-23-21(27)17-8-10-19(20(14-17)26(29)30)25-11-5-3-4-6-12-25/h7-10,13-14H,3-6,11-12H2,1-2H3,(H,23,27)(H,24,28). The molecular formula is C22H26N4O4. The third-order valence-corrected chi connectivity index (χ3v) is 5.30. The quantitative estimate of drug-likeness (QED) is 0.591. The van der Waals surface area contributed by atoms with Crippen molar-refractivity contribution in [3.8, 4) is 0 Å². The summed E-state index contributed by atoms with van der Waals surface area (Å²) in [6, 6.07) is 9.80. The van der Waals surface area contributed by atoms with E-state index in [1.807, 2.05) is 30.9 Å². The molecule has 1 aliphatic heterocycles. The first kappa shape index (κ1) is 21.3. The van der Waals surface area contributed by atoms with Gasteiger partial charge in [-0.15, -0.1) is 0 Å². The second-order valence-electron chi connectivity index (χ2n) is 7.59. The van der Waals surface area contributed by atoms with Crippen LogP contribution in [-0.2, 0) is 0 Å². The van der Waals surface area contributed by atoms with E-state index >= 15 is 0 Å². The number of nitro benzene ring substituents is 1. The van der Waals surface area contributed by atoms with Gasteiger partial charge in [-0.25, -0.2) is 0 Å². The number of hydrogen-bond donors (Lipinski definition) is 2. The molecule has 0 spiro atoms. The maximum atomic E-state index is 12.5. The minimum atomic E-state index is -0.612. The number of aryl methyl sites for hydroxylation is 2. The Kier molecular flexibility index (Phi) is 6.66. The highest BCUT2D eigenvalue weighted by molar-refractivity contribution is 6.00. The Hall–Kier alpha value is -3.42. The largest absolute Gasteiger partial charge is 0.366 e. The zero-order valence-electron chi connectivity index (χ0n) is 17.2. The van der Waals surface area contributed by atoms with E-state index in [9.17, 15) is 19.7 Å². The fraction of sp³-hybridized carbons (Fsp3) is 0.364. The van der Waals surface area contributed by atoms with Crippen LogP contribution in [0.25, 0.3) is 0 Å². The molecule has 0 atom stereocenters. The predicted molar refractivity (Wildman–Crippen MR) is 115 cm³/mol. The number of amides is 2. The van der Waals surface area contributed by atoms with Crippen LogP contribution in [0, 0.1) is 24.0 Å². The van der Waals surface area contributed by atoms with Gasteiger partial charge in [0, 0.05) is 30.3 Å². The first-order valence-corrected chi connectivity index (χ1v) is 10.1. The normalized spacial score (nSPS) is 14.0. The lowest BCUT2D eigenvalue weighted by molar-refractivity contribution is -0.384. The zero-order valence-corrected chi connectivity index (χ0v) is 17.2. The van der Waals surface area contributed by atoms with Crippen molar-refractivity contribution in [2.24, 2.45) is 0 Å². The number of nitro groups is 1. The van der Waals surface area contributed by atoms with Crippen molar-refractivity contribution in [3.05, 3.63) is 68.8 Å². The van der Waals surface area contributed by atoms with Crippen molar-refractivity contribution < 1.29 is 14.5 Å². The van der Waals surface area contributed by atoms with Gasteiger partial charge in [0.25, 0.3) is 17.5 Å². The summed E-state index contributed by atoms with van der Waals surface area (Å²) in [4.78, 5) is 38.0. The van der Waals surface area contributed by atoms with Gasteiger partial charge in [0.1, 0.15) is 5.69 Å². The summed E-state index contributed by atoms with van der Waals surface area (Å²) in [5.74, 6) is -1.06. The van der Waals surface area contributed by atoms with Gasteiger partial charge in [-0.05, 0) is 50.5 Å². The SMILES string of the molecule is Cc1ccc(C(=O)NNC(=O)c2ccc(N3CCCCCC3)c([N+](=O)[O-])c2)c(C)c1. The zero-order chi connectivity index (χ0) is 21.7. The van der Waals surface area contributed by atoms with Crippen LogP contribution in [0.15, 0.2) is 36.4 Å². The van der Waals surface area contributed by atoms with E-state index in [0.29, 0.717) is 11.3 Å². The number of carbonyl (C=O) groups excluding carboxylic acids is 2. The van der Waals surface area contributed by atoms with Crippen LogP contribution in [0.2, 0.25) is 0 Å². The summed E-state index contributed by atoms with van der Waals surface area (Å²) in [5.41, 5.74) is 7.52. The summed E-state index contributed by atoms with van der Waals surface area (Å²) in [6.07, 6.45) is 4.21. The van der Waals surface area contributed by atoms with Crippen LogP contribution in [0.3, 0.4) is 0 Å². The Morgan fingerprint density at radius 1 is 0.933 bits per heavy atom. The molecule has 2 aromatic rings. The molecule has 0 unspecified atom stereocenters. The van der Waals surface area contributed by atoms with Crippen molar-refractivity contribution in [1.82, 2.24) is 10.9 Å². The van der Waals surface area contributed by atoms with Crippen LogP contribution >= 0.6 is 0 Å². The smallest absolute Gasteiger partial charge is 0.293 e. The van der Waals surface area contributed by atoms with Crippen LogP contribution in [-0.4, -0.2) is 29.8 Å². The van der Waals surface area contributed by atoms with Crippen molar-refractivity contribution in [1.29, 1.82) is 0 Å². The van der Waals surface area contributed by atoms with Crippen LogP contribution in [0.1, 0.15) is 57.5 Å². The second-order valence-corrected chi connectivity index (χ2v) is 7.59. The molecule has 30 heavy (non-hydrogen) atoms. The summed E-state index contributed by atoms with van der Waals surface area (Å²) in [7, 11) is 0. The Morgan fingerprint density at radius 2 is 1.60 bits per heavy atom. The van der Waals surface area contributed by atoms with E-state index in [2.05, 4.69) is 10.9 Å². The molecule has 2 aromatic carbocycles. The summed E-state index contributed by atoms with van der Waals surface area (Å²) in [5, 5.41) is 11.6. The summed E-state index contributed by atoms with van der Waals surface area (Å²) in [6.45, 7) is 5.27. The molecule has 2 amide bonds. The van der Waals surface area contributed by atoms with Gasteiger partial charge in [0.05, 0.1) is 4.92 Å². The highest BCUT2D eigenvalue weighted by Crippen LogP contribution is 2.31.